The van der Waals surface area contributed by atoms with E-state index in [4.69, 9.17) is 19.4 Å². The van der Waals surface area contributed by atoms with Gasteiger partial charge in [0.15, 0.2) is 0 Å². The number of pyridine rings is 2. The van der Waals surface area contributed by atoms with Crippen molar-refractivity contribution in [1.29, 1.82) is 0 Å². The Hall–Kier alpha value is -2.85. The highest BCUT2D eigenvalue weighted by atomic mass is 79.9. The van der Waals surface area contributed by atoms with Gasteiger partial charge in [0.1, 0.15) is 11.4 Å². The van der Waals surface area contributed by atoms with Crippen LogP contribution in [0.15, 0.2) is 82.0 Å². The summed E-state index contributed by atoms with van der Waals surface area (Å²) in [6, 6.07) is 12.2. The maximum atomic E-state index is 13.2. The van der Waals surface area contributed by atoms with Crippen LogP contribution in [-0.4, -0.2) is 80.3 Å². The molecule has 0 aliphatic rings. The van der Waals surface area contributed by atoms with Gasteiger partial charge in [-0.2, -0.15) is 0 Å². The predicted octanol–water partition coefficient (Wildman–Crippen LogP) is 7.06. The first-order chi connectivity index (χ1) is 20.0. The van der Waals surface area contributed by atoms with E-state index in [0.29, 0.717) is 30.2 Å². The summed E-state index contributed by atoms with van der Waals surface area (Å²) in [5.74, 6) is 2.20. The number of aliphatic hydroxyl groups is 1. The van der Waals surface area contributed by atoms with Crippen LogP contribution < -0.4 is 9.64 Å². The molecule has 0 saturated carbocycles. The fraction of sp³-hybridized carbons (Fsp3) is 0.394. The zero-order chi connectivity index (χ0) is 31.0. The van der Waals surface area contributed by atoms with Gasteiger partial charge in [-0.1, -0.05) is 41.6 Å². The molecule has 3 aromatic rings. The van der Waals surface area contributed by atoms with E-state index in [1.165, 1.54) is 0 Å². The van der Waals surface area contributed by atoms with E-state index in [9.17, 15) is 5.11 Å². The Morgan fingerprint density at radius 3 is 2.48 bits per heavy atom. The minimum Gasteiger partial charge on any atom is -0.501 e. The van der Waals surface area contributed by atoms with Crippen LogP contribution in [0, 0.1) is 0 Å². The fourth-order valence-corrected chi connectivity index (χ4v) is 5.98. The van der Waals surface area contributed by atoms with Crippen LogP contribution in [0.1, 0.15) is 37.3 Å². The average Bonchev–Trinajstić information content (AvgIpc) is 2.95. The van der Waals surface area contributed by atoms with Gasteiger partial charge in [0, 0.05) is 42.0 Å². The average molecular weight is 656 g/mol. The number of thioether (sulfide) groups is 1. The normalized spacial score (nSPS) is 14.5. The molecule has 2 heterocycles. The first-order valence-electron chi connectivity index (χ1n) is 13.9. The number of allylic oxidation sites excluding steroid dienone is 3. The molecule has 42 heavy (non-hydrogen) atoms. The van der Waals surface area contributed by atoms with Gasteiger partial charge in [-0.15, -0.1) is 11.8 Å². The van der Waals surface area contributed by atoms with E-state index in [0.717, 1.165) is 43.1 Å². The molecule has 0 amide bonds. The Balaban J connectivity index is 2.53. The van der Waals surface area contributed by atoms with Gasteiger partial charge < -0.3 is 24.4 Å². The SMILES string of the molecule is C=C/C=C(\C=C(/C)OC)C(O)(CCN(C)C)C(c1cc(SCC)nc(N(C)C)c1)c1cc2cc(Br)ccc2nc1OC. The molecule has 226 valence electrons. The largest absolute Gasteiger partial charge is 0.501 e. The van der Waals surface area contributed by atoms with Crippen molar-refractivity contribution in [3.63, 3.8) is 0 Å². The molecule has 0 bridgehead atoms. The summed E-state index contributed by atoms with van der Waals surface area (Å²) >= 11 is 5.28. The van der Waals surface area contributed by atoms with Crippen molar-refractivity contribution >= 4 is 44.4 Å². The minimum absolute atomic E-state index is 0.410. The Kier molecular flexibility index (Phi) is 12.1. The van der Waals surface area contributed by atoms with Crippen LogP contribution in [0.3, 0.4) is 0 Å². The number of fused-ring (bicyclic) bond motifs is 1. The highest BCUT2D eigenvalue weighted by Crippen LogP contribution is 2.47. The van der Waals surface area contributed by atoms with Gasteiger partial charge in [0.2, 0.25) is 5.88 Å². The molecule has 3 rings (SSSR count). The molecule has 0 spiro atoms. The lowest BCUT2D eigenvalue weighted by atomic mass is 9.71. The fourth-order valence-electron chi connectivity index (χ4n) is 4.93. The molecule has 2 aromatic heterocycles. The molecule has 7 nitrogen and oxygen atoms in total. The summed E-state index contributed by atoms with van der Waals surface area (Å²) in [5.41, 5.74) is 1.72. The van der Waals surface area contributed by atoms with Crippen LogP contribution in [-0.2, 0) is 4.74 Å². The maximum Gasteiger partial charge on any atom is 0.217 e. The van der Waals surface area contributed by atoms with Crippen LogP contribution in [0.4, 0.5) is 5.82 Å². The molecule has 0 fully saturated rings. The van der Waals surface area contributed by atoms with Crippen molar-refractivity contribution in [3.05, 3.63) is 88.1 Å². The minimum atomic E-state index is -1.42. The first-order valence-corrected chi connectivity index (χ1v) is 15.6. The van der Waals surface area contributed by atoms with Gasteiger partial charge in [0.25, 0.3) is 0 Å². The Morgan fingerprint density at radius 2 is 1.88 bits per heavy atom. The van der Waals surface area contributed by atoms with Gasteiger partial charge >= 0.3 is 0 Å². The number of ether oxygens (including phenoxy) is 2. The van der Waals surface area contributed by atoms with E-state index in [-0.39, 0.29) is 0 Å². The third-order valence-electron chi connectivity index (χ3n) is 7.06. The lowest BCUT2D eigenvalue weighted by Crippen LogP contribution is -2.42. The third kappa shape index (κ3) is 7.95. The second-order valence-corrected chi connectivity index (χ2v) is 12.8. The highest BCUT2D eigenvalue weighted by molar-refractivity contribution is 9.10. The number of halogens is 1. The van der Waals surface area contributed by atoms with Crippen LogP contribution >= 0.6 is 27.7 Å². The number of anilines is 1. The zero-order valence-electron chi connectivity index (χ0n) is 25.9. The summed E-state index contributed by atoms with van der Waals surface area (Å²) in [6.45, 7) is 8.58. The van der Waals surface area contributed by atoms with E-state index < -0.39 is 11.5 Å². The Labute approximate surface area is 263 Å². The van der Waals surface area contributed by atoms with Crippen molar-refractivity contribution < 1.29 is 14.6 Å². The molecular formula is C33H43BrN4O3S. The zero-order valence-corrected chi connectivity index (χ0v) is 28.3. The molecule has 1 N–H and O–H groups in total. The van der Waals surface area contributed by atoms with Crippen LogP contribution in [0.5, 0.6) is 5.88 Å². The number of aromatic nitrogens is 2. The Bertz CT molecular complexity index is 1460. The number of nitrogens with zero attached hydrogens (tertiary/aromatic N) is 4. The smallest absolute Gasteiger partial charge is 0.217 e. The van der Waals surface area contributed by atoms with Gasteiger partial charge in [-0.25, -0.2) is 9.97 Å². The van der Waals surface area contributed by atoms with Crippen molar-refractivity contribution in [2.45, 2.75) is 36.8 Å². The number of hydrogen-bond acceptors (Lipinski definition) is 8. The molecule has 0 aliphatic carbocycles. The van der Waals surface area contributed by atoms with E-state index >= 15 is 0 Å². The standard InChI is InChI=1S/C33H43BrN4O3S/c1-10-12-25(17-22(3)40-8)33(39,15-16-37(4)5)31(24-20-29(38(6)7)36-30(21-24)42-11-2)27-19-23-18-26(34)13-14-28(23)35-32(27)41-9/h10,12-14,17-21,31,39H,1,11,15-16H2,2-9H3/b22-17+,25-12+. The highest BCUT2D eigenvalue weighted by Gasteiger charge is 2.43. The van der Waals surface area contributed by atoms with Gasteiger partial charge in [-0.3, -0.25) is 0 Å². The van der Waals surface area contributed by atoms with Crippen LogP contribution in [0.25, 0.3) is 10.9 Å². The summed E-state index contributed by atoms with van der Waals surface area (Å²) in [6.07, 6.45) is 5.86. The lowest BCUT2D eigenvalue weighted by molar-refractivity contribution is 0.0469. The summed E-state index contributed by atoms with van der Waals surface area (Å²) in [4.78, 5) is 13.9. The molecule has 0 radical (unpaired) electrons. The summed E-state index contributed by atoms with van der Waals surface area (Å²) in [5, 5.41) is 15.0. The number of hydrogen-bond donors (Lipinski definition) is 1. The molecule has 2 atom stereocenters. The lowest BCUT2D eigenvalue weighted by Gasteiger charge is -2.40. The van der Waals surface area contributed by atoms with E-state index in [1.54, 1.807) is 32.1 Å². The molecule has 1 aromatic carbocycles. The maximum absolute atomic E-state index is 13.2. The first kappa shape index (κ1) is 33.6. The topological polar surface area (TPSA) is 71.0 Å². The second kappa shape index (κ2) is 15.0. The van der Waals surface area contributed by atoms with Gasteiger partial charge in [0.05, 0.1) is 30.5 Å². The van der Waals surface area contributed by atoms with Crippen molar-refractivity contribution in [2.24, 2.45) is 0 Å². The monoisotopic (exact) mass is 654 g/mol. The quantitative estimate of drug-likeness (QED) is 0.113. The molecule has 0 aliphatic heterocycles. The summed E-state index contributed by atoms with van der Waals surface area (Å²) in [7, 11) is 11.2. The summed E-state index contributed by atoms with van der Waals surface area (Å²) < 4.78 is 12.5. The van der Waals surface area contributed by atoms with Crippen molar-refractivity contribution in [2.75, 3.05) is 59.6 Å². The number of rotatable bonds is 14. The van der Waals surface area contributed by atoms with E-state index in [1.807, 2.05) is 76.4 Å². The van der Waals surface area contributed by atoms with Gasteiger partial charge in [-0.05, 0) is 86.8 Å². The number of benzene rings is 1. The number of methoxy groups -OCH3 is 2. The predicted molar refractivity (Wildman–Crippen MR) is 180 cm³/mol. The molecular weight excluding hydrogens is 612 g/mol. The third-order valence-corrected chi connectivity index (χ3v) is 8.35. The molecule has 0 saturated heterocycles. The Morgan fingerprint density at radius 1 is 1.14 bits per heavy atom. The molecule has 2 unspecified atom stereocenters. The van der Waals surface area contributed by atoms with Crippen molar-refractivity contribution in [1.82, 2.24) is 14.9 Å². The van der Waals surface area contributed by atoms with Crippen LogP contribution in [0.2, 0.25) is 0 Å². The molecule has 9 heteroatoms. The van der Waals surface area contributed by atoms with Crippen molar-refractivity contribution in [3.8, 4) is 5.88 Å². The second-order valence-electron chi connectivity index (χ2n) is 10.6. The van der Waals surface area contributed by atoms with E-state index in [2.05, 4.69) is 46.5 Å².